The van der Waals surface area contributed by atoms with Crippen molar-refractivity contribution < 1.29 is 18.3 Å². The Labute approximate surface area is 113 Å². The SMILES string of the molecule is CCN(CCC#N)S(=O)(=O)N1CCC(C)(C(=O)O)C1. The summed E-state index contributed by atoms with van der Waals surface area (Å²) < 4.78 is 27.1. The van der Waals surface area contributed by atoms with Gasteiger partial charge in [0.2, 0.25) is 0 Å². The summed E-state index contributed by atoms with van der Waals surface area (Å²) in [5, 5.41) is 17.6. The van der Waals surface area contributed by atoms with Crippen LogP contribution in [0.4, 0.5) is 0 Å². The van der Waals surface area contributed by atoms with Crippen molar-refractivity contribution in [2.24, 2.45) is 5.41 Å². The minimum Gasteiger partial charge on any atom is -0.481 e. The summed E-state index contributed by atoms with van der Waals surface area (Å²) in [4.78, 5) is 11.1. The van der Waals surface area contributed by atoms with Crippen molar-refractivity contribution in [1.29, 1.82) is 5.26 Å². The molecule has 0 aromatic heterocycles. The normalized spacial score (nSPS) is 24.5. The van der Waals surface area contributed by atoms with Gasteiger partial charge >= 0.3 is 5.97 Å². The van der Waals surface area contributed by atoms with Crippen LogP contribution in [0.3, 0.4) is 0 Å². The summed E-state index contributed by atoms with van der Waals surface area (Å²) in [5.74, 6) is -0.981. The molecule has 1 atom stereocenters. The minimum absolute atomic E-state index is 0.0201. The van der Waals surface area contributed by atoms with E-state index in [4.69, 9.17) is 10.4 Å². The Kier molecular flexibility index (Phi) is 4.90. The van der Waals surface area contributed by atoms with E-state index in [-0.39, 0.29) is 32.6 Å². The smallest absolute Gasteiger partial charge is 0.310 e. The molecule has 0 radical (unpaired) electrons. The van der Waals surface area contributed by atoms with Crippen LogP contribution in [0.25, 0.3) is 0 Å². The number of carboxylic acids is 1. The van der Waals surface area contributed by atoms with Gasteiger partial charge in [-0.05, 0) is 13.3 Å². The number of nitriles is 1. The van der Waals surface area contributed by atoms with Crippen molar-refractivity contribution >= 4 is 16.2 Å². The van der Waals surface area contributed by atoms with E-state index < -0.39 is 21.6 Å². The van der Waals surface area contributed by atoms with Gasteiger partial charge in [0.05, 0.1) is 11.5 Å². The second kappa shape index (κ2) is 5.86. The van der Waals surface area contributed by atoms with Crippen molar-refractivity contribution in [3.05, 3.63) is 0 Å². The average Bonchev–Trinajstić information content (AvgIpc) is 2.75. The summed E-state index contributed by atoms with van der Waals surface area (Å²) in [5.41, 5.74) is -1.03. The van der Waals surface area contributed by atoms with Crippen molar-refractivity contribution in [2.75, 3.05) is 26.2 Å². The monoisotopic (exact) mass is 289 g/mol. The second-order valence-electron chi connectivity index (χ2n) is 4.86. The van der Waals surface area contributed by atoms with Crippen LogP contribution in [-0.2, 0) is 15.0 Å². The first-order valence-electron chi connectivity index (χ1n) is 6.13. The fraction of sp³-hybridized carbons (Fsp3) is 0.818. The summed E-state index contributed by atoms with van der Waals surface area (Å²) in [6.45, 7) is 3.83. The van der Waals surface area contributed by atoms with E-state index in [9.17, 15) is 13.2 Å². The maximum Gasteiger partial charge on any atom is 0.310 e. The average molecular weight is 289 g/mol. The van der Waals surface area contributed by atoms with Gasteiger partial charge in [-0.15, -0.1) is 0 Å². The standard InChI is InChI=1S/C11H19N3O4S/c1-3-13(7-4-6-12)19(17,18)14-8-5-11(2,9-14)10(15)16/h3-5,7-9H2,1-2H3,(H,15,16). The maximum absolute atomic E-state index is 12.3. The number of nitrogens with zero attached hydrogens (tertiary/aromatic N) is 3. The van der Waals surface area contributed by atoms with E-state index in [0.717, 1.165) is 0 Å². The molecule has 1 fully saturated rings. The van der Waals surface area contributed by atoms with Gasteiger partial charge in [-0.1, -0.05) is 6.92 Å². The Morgan fingerprint density at radius 1 is 1.58 bits per heavy atom. The number of aliphatic carboxylic acids is 1. The maximum atomic E-state index is 12.3. The molecule has 1 aliphatic heterocycles. The number of carbonyl (C=O) groups is 1. The topological polar surface area (TPSA) is 102 Å². The molecule has 1 aliphatic rings. The van der Waals surface area contributed by atoms with Crippen LogP contribution in [-0.4, -0.2) is 54.3 Å². The molecule has 0 aromatic carbocycles. The first-order chi connectivity index (χ1) is 8.78. The highest BCUT2D eigenvalue weighted by Gasteiger charge is 2.45. The van der Waals surface area contributed by atoms with Crippen LogP contribution in [0.15, 0.2) is 0 Å². The van der Waals surface area contributed by atoms with E-state index in [0.29, 0.717) is 6.42 Å². The molecule has 1 N–H and O–H groups in total. The first kappa shape index (κ1) is 15.9. The molecule has 8 heteroatoms. The fourth-order valence-corrected chi connectivity index (χ4v) is 3.81. The zero-order valence-corrected chi connectivity index (χ0v) is 12.0. The zero-order valence-electron chi connectivity index (χ0n) is 11.2. The third-order valence-electron chi connectivity index (χ3n) is 3.43. The lowest BCUT2D eigenvalue weighted by atomic mass is 9.90. The lowest BCUT2D eigenvalue weighted by Gasteiger charge is -2.26. The highest BCUT2D eigenvalue weighted by Crippen LogP contribution is 2.32. The number of carboxylic acid groups (broad SMARTS) is 1. The molecule has 19 heavy (non-hydrogen) atoms. The lowest BCUT2D eigenvalue weighted by Crippen LogP contribution is -2.44. The third-order valence-corrected chi connectivity index (χ3v) is 5.49. The van der Waals surface area contributed by atoms with Crippen LogP contribution in [0.5, 0.6) is 0 Å². The molecule has 1 heterocycles. The van der Waals surface area contributed by atoms with Crippen LogP contribution < -0.4 is 0 Å². The molecule has 0 bridgehead atoms. The highest BCUT2D eigenvalue weighted by molar-refractivity contribution is 7.86. The number of hydrogen-bond donors (Lipinski definition) is 1. The zero-order chi connectivity index (χ0) is 14.7. The minimum atomic E-state index is -3.68. The molecule has 0 saturated carbocycles. The van der Waals surface area contributed by atoms with E-state index in [1.807, 2.05) is 6.07 Å². The Morgan fingerprint density at radius 2 is 2.21 bits per heavy atom. The second-order valence-corrected chi connectivity index (χ2v) is 6.79. The van der Waals surface area contributed by atoms with Crippen LogP contribution >= 0.6 is 0 Å². The molecular formula is C11H19N3O4S. The quantitative estimate of drug-likeness (QED) is 0.756. The van der Waals surface area contributed by atoms with Crippen LogP contribution in [0, 0.1) is 16.7 Å². The van der Waals surface area contributed by atoms with Gasteiger partial charge in [-0.3, -0.25) is 4.79 Å². The van der Waals surface area contributed by atoms with Crippen LogP contribution in [0.1, 0.15) is 26.7 Å². The van der Waals surface area contributed by atoms with E-state index >= 15 is 0 Å². The molecule has 7 nitrogen and oxygen atoms in total. The van der Waals surface area contributed by atoms with E-state index in [1.54, 1.807) is 13.8 Å². The van der Waals surface area contributed by atoms with E-state index in [1.165, 1.54) is 8.61 Å². The Balaban J connectivity index is 2.85. The number of hydrogen-bond acceptors (Lipinski definition) is 4. The molecule has 0 spiro atoms. The molecule has 0 amide bonds. The molecule has 1 unspecified atom stereocenters. The molecule has 108 valence electrons. The Morgan fingerprint density at radius 3 is 2.63 bits per heavy atom. The fourth-order valence-electron chi connectivity index (χ4n) is 2.06. The van der Waals surface area contributed by atoms with Crippen molar-refractivity contribution in [2.45, 2.75) is 26.7 Å². The van der Waals surface area contributed by atoms with Gasteiger partial charge in [0.15, 0.2) is 0 Å². The Bertz CT molecular complexity index is 485. The van der Waals surface area contributed by atoms with Gasteiger partial charge in [0, 0.05) is 32.6 Å². The van der Waals surface area contributed by atoms with Crippen molar-refractivity contribution in [3.8, 4) is 6.07 Å². The largest absolute Gasteiger partial charge is 0.481 e. The van der Waals surface area contributed by atoms with Crippen molar-refractivity contribution in [1.82, 2.24) is 8.61 Å². The molecule has 1 rings (SSSR count). The summed E-state index contributed by atoms with van der Waals surface area (Å²) in [7, 11) is -3.68. The molecule has 0 aromatic rings. The third kappa shape index (κ3) is 3.23. The van der Waals surface area contributed by atoms with Gasteiger partial charge in [0.1, 0.15) is 0 Å². The lowest BCUT2D eigenvalue weighted by molar-refractivity contribution is -0.146. The molecule has 0 aliphatic carbocycles. The van der Waals surface area contributed by atoms with E-state index in [2.05, 4.69) is 0 Å². The predicted molar refractivity (Wildman–Crippen MR) is 68.3 cm³/mol. The van der Waals surface area contributed by atoms with Gasteiger partial charge in [-0.25, -0.2) is 0 Å². The van der Waals surface area contributed by atoms with Gasteiger partial charge in [0.25, 0.3) is 10.2 Å². The molecular weight excluding hydrogens is 270 g/mol. The number of rotatable bonds is 6. The van der Waals surface area contributed by atoms with Crippen molar-refractivity contribution in [3.63, 3.8) is 0 Å². The summed E-state index contributed by atoms with van der Waals surface area (Å²) >= 11 is 0. The van der Waals surface area contributed by atoms with Gasteiger partial charge in [-0.2, -0.15) is 22.3 Å². The predicted octanol–water partition coefficient (Wildman–Crippen LogP) is 0.263. The summed E-state index contributed by atoms with van der Waals surface area (Å²) in [6, 6.07) is 1.91. The van der Waals surface area contributed by atoms with Gasteiger partial charge < -0.3 is 5.11 Å². The highest BCUT2D eigenvalue weighted by atomic mass is 32.2. The first-order valence-corrected chi connectivity index (χ1v) is 7.53. The molecule has 1 saturated heterocycles. The summed E-state index contributed by atoms with van der Waals surface area (Å²) in [6.07, 6.45) is 0.425. The van der Waals surface area contributed by atoms with Crippen LogP contribution in [0.2, 0.25) is 0 Å². The Hall–Kier alpha value is -1.17.